The molecule has 0 fully saturated rings. The molecule has 10 nitrogen and oxygen atoms in total. The molecule has 46 heavy (non-hydrogen) atoms. The number of halogens is 15. The van der Waals surface area contributed by atoms with Crippen molar-refractivity contribution in [2.45, 2.75) is 60.3 Å². The molecule has 0 rings (SSSR count). The maximum absolute atomic E-state index is 14.7. The monoisotopic (exact) mass is 779 g/mol. The van der Waals surface area contributed by atoms with Gasteiger partial charge in [-0.1, -0.05) is 0 Å². The van der Waals surface area contributed by atoms with Crippen molar-refractivity contribution in [2.24, 2.45) is 0 Å². The Bertz CT molecular complexity index is 1380. The van der Waals surface area contributed by atoms with Crippen LogP contribution in [0.4, 0.5) is 65.9 Å². The lowest BCUT2D eigenvalue weighted by atomic mass is 9.94. The minimum atomic E-state index is -8.74. The lowest BCUT2D eigenvalue weighted by Gasteiger charge is -2.41. The largest absolute Gasteiger partial charge is 0.460 e. The fraction of sp³-hybridized carbons (Fsp3) is 1.00. The van der Waals surface area contributed by atoms with Crippen molar-refractivity contribution >= 4 is 30.3 Å². The number of quaternary nitrogens is 1. The second-order valence-electron chi connectivity index (χ2n) is 10.3. The van der Waals surface area contributed by atoms with Gasteiger partial charge in [-0.05, 0) is 6.42 Å². The number of hydrogen-bond donors (Lipinski definition) is 2. The van der Waals surface area contributed by atoms with Gasteiger partial charge in [0.2, 0.25) is 0 Å². The summed E-state index contributed by atoms with van der Waals surface area (Å²) < 4.78 is 288. The van der Waals surface area contributed by atoms with Crippen molar-refractivity contribution in [1.82, 2.24) is 4.31 Å². The average Bonchev–Trinajstić information content (AvgIpc) is 2.79. The van der Waals surface area contributed by atoms with Gasteiger partial charge in [-0.2, -0.15) is 87.0 Å². The molecule has 0 aliphatic carbocycles. The molecule has 278 valence electrons. The number of sulfonamides is 1. The first kappa shape index (κ1) is 44.6. The molecule has 0 aromatic heterocycles. The molecule has 0 amide bonds. The van der Waals surface area contributed by atoms with E-state index in [-0.39, 0.29) is 17.4 Å². The molecule has 0 aliphatic rings. The lowest BCUT2D eigenvalue weighted by molar-refractivity contribution is -0.890. The summed E-state index contributed by atoms with van der Waals surface area (Å²) >= 11 is 0. The van der Waals surface area contributed by atoms with Crippen LogP contribution in [0.15, 0.2) is 0 Å². The van der Waals surface area contributed by atoms with E-state index in [1.807, 2.05) is 0 Å². The molecule has 28 heteroatoms. The normalized spacial score (nSPS) is 15.9. The number of hydrogen-bond acceptors (Lipinski definition) is 6. The summed E-state index contributed by atoms with van der Waals surface area (Å²) in [4.78, 5) is 0. The molecule has 0 aromatic rings. The molecule has 0 bridgehead atoms. The van der Waals surface area contributed by atoms with Crippen LogP contribution in [-0.2, 0) is 30.3 Å². The molecule has 0 aromatic carbocycles. The first-order chi connectivity index (χ1) is 19.8. The lowest BCUT2D eigenvalue weighted by Crippen LogP contribution is -2.73. The molecule has 0 saturated carbocycles. The van der Waals surface area contributed by atoms with Crippen LogP contribution in [0.25, 0.3) is 0 Å². The van der Waals surface area contributed by atoms with Crippen LogP contribution in [0.5, 0.6) is 0 Å². The van der Waals surface area contributed by atoms with Crippen molar-refractivity contribution in [2.75, 3.05) is 51.8 Å². The molecule has 0 aliphatic heterocycles. The third kappa shape index (κ3) is 9.20. The van der Waals surface area contributed by atoms with E-state index in [0.29, 0.717) is 0 Å². The summed E-state index contributed by atoms with van der Waals surface area (Å²) in [6.07, 6.45) is -10.3. The summed E-state index contributed by atoms with van der Waals surface area (Å²) in [6.45, 7) is -3.90. The maximum Gasteiger partial charge on any atom is 0.460 e. The van der Waals surface area contributed by atoms with E-state index in [9.17, 15) is 91.1 Å². The Morgan fingerprint density at radius 1 is 0.522 bits per heavy atom. The summed E-state index contributed by atoms with van der Waals surface area (Å²) in [5, 5.41) is -7.71. The first-order valence-electron chi connectivity index (χ1n) is 11.8. The summed E-state index contributed by atoms with van der Waals surface area (Å²) in [7, 11) is -14.6. The molecule has 0 atom stereocenters. The van der Waals surface area contributed by atoms with Gasteiger partial charge in [0.1, 0.15) is 0 Å². The van der Waals surface area contributed by atoms with Gasteiger partial charge >= 0.3 is 41.0 Å². The van der Waals surface area contributed by atoms with Crippen LogP contribution in [0.2, 0.25) is 0 Å². The minimum Gasteiger partial charge on any atom is -0.328 e. The van der Waals surface area contributed by atoms with Crippen LogP contribution >= 0.6 is 0 Å². The highest BCUT2D eigenvalue weighted by Gasteiger charge is 2.94. The van der Waals surface area contributed by atoms with Gasteiger partial charge in [0.05, 0.1) is 38.7 Å². The van der Waals surface area contributed by atoms with Crippen LogP contribution in [0.3, 0.4) is 0 Å². The zero-order chi connectivity index (χ0) is 37.4. The maximum atomic E-state index is 14.7. The van der Waals surface area contributed by atoms with Crippen molar-refractivity contribution in [3.05, 3.63) is 0 Å². The van der Waals surface area contributed by atoms with Gasteiger partial charge in [0.25, 0.3) is 30.3 Å². The second-order valence-corrected chi connectivity index (χ2v) is 15.4. The highest BCUT2D eigenvalue weighted by molar-refractivity contribution is 7.90. The van der Waals surface area contributed by atoms with E-state index in [1.165, 1.54) is 14.1 Å². The molecule has 0 radical (unpaired) electrons. The number of rotatable bonds is 19. The van der Waals surface area contributed by atoms with E-state index in [1.54, 1.807) is 0 Å². The zero-order valence-corrected chi connectivity index (χ0v) is 25.4. The smallest absolute Gasteiger partial charge is 0.328 e. The Labute approximate surface area is 251 Å². The highest BCUT2D eigenvalue weighted by atomic mass is 32.2. The Morgan fingerprint density at radius 2 is 0.848 bits per heavy atom. The topological polar surface area (TPSA) is 146 Å². The van der Waals surface area contributed by atoms with Crippen molar-refractivity contribution in [1.29, 1.82) is 0 Å². The summed E-state index contributed by atoms with van der Waals surface area (Å²) in [6, 6.07) is 0. The average molecular weight is 780 g/mol. The fourth-order valence-electron chi connectivity index (χ4n) is 3.51. The van der Waals surface area contributed by atoms with Crippen LogP contribution in [-0.4, -0.2) is 136 Å². The van der Waals surface area contributed by atoms with E-state index in [4.69, 9.17) is 9.11 Å². The number of alkyl halides is 15. The van der Waals surface area contributed by atoms with Crippen molar-refractivity contribution < 1.29 is 105 Å². The zero-order valence-electron chi connectivity index (χ0n) is 23.0. The Morgan fingerprint density at radius 3 is 1.24 bits per heavy atom. The third-order valence-corrected chi connectivity index (χ3v) is 9.67. The molecule has 2 N–H and O–H groups in total. The van der Waals surface area contributed by atoms with Crippen LogP contribution in [0, 0.1) is 0 Å². The van der Waals surface area contributed by atoms with Crippen molar-refractivity contribution in [3.8, 4) is 0 Å². The minimum absolute atomic E-state index is 0.193. The molecular formula is C18H26F15N2O8S3+. The van der Waals surface area contributed by atoms with Gasteiger partial charge in [-0.25, -0.2) is 8.42 Å². The van der Waals surface area contributed by atoms with Gasteiger partial charge in [-0.3, -0.25) is 9.11 Å². The van der Waals surface area contributed by atoms with Crippen LogP contribution < -0.4 is 0 Å². The molecule has 0 spiro atoms. The van der Waals surface area contributed by atoms with Gasteiger partial charge < -0.3 is 4.48 Å². The number of nitrogens with zero attached hydrogens (tertiary/aromatic N) is 2. The van der Waals surface area contributed by atoms with Crippen molar-refractivity contribution in [3.63, 3.8) is 0 Å². The Hall–Kier alpha value is -1.36. The van der Waals surface area contributed by atoms with E-state index >= 15 is 0 Å². The Balaban J connectivity index is 6.70. The molecular weight excluding hydrogens is 753 g/mol. The van der Waals surface area contributed by atoms with Gasteiger partial charge in [-0.15, -0.1) is 0 Å². The predicted molar refractivity (Wildman–Crippen MR) is 125 cm³/mol. The highest BCUT2D eigenvalue weighted by Crippen LogP contribution is 2.63. The third-order valence-electron chi connectivity index (χ3n) is 6.11. The quantitative estimate of drug-likeness (QED) is 0.114. The summed E-state index contributed by atoms with van der Waals surface area (Å²) in [5.41, 5.74) is 0. The van der Waals surface area contributed by atoms with E-state index in [0.717, 1.165) is 0 Å². The SMILES string of the molecule is C[N+](C)(CCCN(CCCS(=O)(=O)O)S(=O)(=O)C(F)(F)C(F)(F)C(F)(F)C(F)(F)C(F)(F)C(F)(F)C(F)(F)F)CCCS(=O)(=O)O. The van der Waals surface area contributed by atoms with E-state index < -0.39 is 120 Å². The standard InChI is InChI=1S/C18H25F15N2O8S3/c1-35(2,9-5-11-45(39,40)41)8-3-6-34(7-4-10-44(36,37)38)46(42,43)18(32,33)16(27,28)14(23,24)12(19,20)13(21,22)15(25,26)17(29,30)31/h3-11H2,1-2H3,(H-,36,37,38,39,40,41)/p+1. The Kier molecular flexibility index (Phi) is 13.1. The van der Waals surface area contributed by atoms with Gasteiger partial charge in [0.15, 0.2) is 0 Å². The summed E-state index contributed by atoms with van der Waals surface area (Å²) in [5.74, 6) is -45.0. The first-order valence-corrected chi connectivity index (χ1v) is 16.5. The molecule has 0 heterocycles. The molecule has 0 saturated heterocycles. The van der Waals surface area contributed by atoms with E-state index in [2.05, 4.69) is 0 Å². The molecule has 0 unspecified atom stereocenters. The fourth-order valence-corrected chi connectivity index (χ4v) is 6.02. The second kappa shape index (κ2) is 13.5. The predicted octanol–water partition coefficient (Wildman–Crippen LogP) is 3.97. The van der Waals surface area contributed by atoms with Gasteiger partial charge in [0, 0.05) is 25.9 Å². The van der Waals surface area contributed by atoms with Crippen LogP contribution in [0.1, 0.15) is 19.3 Å².